The molecular weight excluding hydrogens is 398 g/mol. The number of carbonyl (C=O) groups is 2. The van der Waals surface area contributed by atoms with E-state index in [4.69, 9.17) is 18.9 Å². The van der Waals surface area contributed by atoms with Gasteiger partial charge in [-0.2, -0.15) is 0 Å². The van der Waals surface area contributed by atoms with Crippen LogP contribution in [-0.4, -0.2) is 38.3 Å². The lowest BCUT2D eigenvalue weighted by Gasteiger charge is -2.17. The minimum Gasteiger partial charge on any atom is -0.490 e. The largest absolute Gasteiger partial charge is 0.490 e. The van der Waals surface area contributed by atoms with E-state index in [-0.39, 0.29) is 17.5 Å². The third-order valence-corrected chi connectivity index (χ3v) is 4.43. The van der Waals surface area contributed by atoms with Crippen LogP contribution in [0.5, 0.6) is 17.2 Å². The van der Waals surface area contributed by atoms with Crippen LogP contribution in [0.25, 0.3) is 0 Å². The molecule has 2 rings (SSSR count). The van der Waals surface area contributed by atoms with Gasteiger partial charge in [0.2, 0.25) is 5.75 Å². The Kier molecular flexibility index (Phi) is 9.18. The highest BCUT2D eigenvalue weighted by molar-refractivity contribution is 5.92. The Bertz CT molecular complexity index is 851. The lowest BCUT2D eigenvalue weighted by molar-refractivity contribution is -0.124. The molecule has 0 radical (unpaired) electrons. The number of carbonyl (C=O) groups excluding carboxylic acids is 2. The van der Waals surface area contributed by atoms with E-state index in [1.165, 1.54) is 12.1 Å². The van der Waals surface area contributed by atoms with Crippen LogP contribution in [0.1, 0.15) is 55.2 Å². The topological polar surface area (TPSA) is 83.1 Å². The molecule has 0 aromatic heterocycles. The van der Waals surface area contributed by atoms with Crippen LogP contribution in [0.2, 0.25) is 0 Å². The molecule has 0 spiro atoms. The molecule has 7 nitrogen and oxygen atoms in total. The predicted octanol–water partition coefficient (Wildman–Crippen LogP) is 4.23. The fourth-order valence-corrected chi connectivity index (χ4v) is 2.94. The van der Waals surface area contributed by atoms with Gasteiger partial charge in [-0.25, -0.2) is 4.79 Å². The number of rotatable bonds is 11. The van der Waals surface area contributed by atoms with Gasteiger partial charge in [-0.05, 0) is 52.3 Å². The first-order chi connectivity index (χ1) is 14.9. The second-order valence-electron chi connectivity index (χ2n) is 6.88. The quantitative estimate of drug-likeness (QED) is 0.539. The summed E-state index contributed by atoms with van der Waals surface area (Å²) in [6.45, 7) is 10.2. The van der Waals surface area contributed by atoms with E-state index in [1.807, 2.05) is 58.9 Å². The summed E-state index contributed by atoms with van der Waals surface area (Å²) >= 11 is 0. The van der Waals surface area contributed by atoms with E-state index in [0.29, 0.717) is 37.1 Å². The van der Waals surface area contributed by atoms with E-state index < -0.39 is 12.6 Å². The molecule has 0 saturated carbocycles. The van der Waals surface area contributed by atoms with Crippen molar-refractivity contribution in [3.63, 3.8) is 0 Å². The third kappa shape index (κ3) is 6.91. The number of amides is 1. The zero-order valence-corrected chi connectivity index (χ0v) is 18.8. The summed E-state index contributed by atoms with van der Waals surface area (Å²) in [5.41, 5.74) is 2.33. The fraction of sp³-hybridized carbons (Fsp3) is 0.417. The van der Waals surface area contributed by atoms with Crippen LogP contribution >= 0.6 is 0 Å². The fourth-order valence-electron chi connectivity index (χ4n) is 2.94. The molecule has 2 aromatic rings. The summed E-state index contributed by atoms with van der Waals surface area (Å²) in [6, 6.07) is 10.7. The summed E-state index contributed by atoms with van der Waals surface area (Å²) in [4.78, 5) is 24.8. The normalized spacial score (nSPS) is 11.4. The van der Waals surface area contributed by atoms with Crippen LogP contribution in [-0.2, 0) is 9.53 Å². The van der Waals surface area contributed by atoms with Crippen LogP contribution in [0.3, 0.4) is 0 Å². The van der Waals surface area contributed by atoms with E-state index >= 15 is 0 Å². The minimum absolute atomic E-state index is 0.202. The number of esters is 1. The van der Waals surface area contributed by atoms with E-state index in [1.54, 1.807) is 0 Å². The van der Waals surface area contributed by atoms with Gasteiger partial charge in [0.1, 0.15) is 0 Å². The maximum absolute atomic E-state index is 12.6. The van der Waals surface area contributed by atoms with Crippen molar-refractivity contribution in [3.05, 3.63) is 53.1 Å². The van der Waals surface area contributed by atoms with Gasteiger partial charge < -0.3 is 24.3 Å². The Morgan fingerprint density at radius 3 is 1.97 bits per heavy atom. The highest BCUT2D eigenvalue weighted by Crippen LogP contribution is 2.39. The third-order valence-electron chi connectivity index (χ3n) is 4.43. The summed E-state index contributed by atoms with van der Waals surface area (Å²) in [6.07, 6.45) is 0. The molecule has 0 fully saturated rings. The standard InChI is InChI=1S/C24H31NO6/c1-6-28-20-13-19(14-21(29-7-2)23(20)30-8-3)24(27)31-15-22(26)25-17(5)18-11-9-16(4)10-12-18/h9-14,17H,6-8,15H2,1-5H3,(H,25,26). The Hall–Kier alpha value is -3.22. The van der Waals surface area contributed by atoms with E-state index in [0.717, 1.165) is 11.1 Å². The van der Waals surface area contributed by atoms with Gasteiger partial charge in [-0.15, -0.1) is 0 Å². The number of nitrogens with one attached hydrogen (secondary N) is 1. The van der Waals surface area contributed by atoms with Crippen molar-refractivity contribution in [1.82, 2.24) is 5.32 Å². The zero-order valence-electron chi connectivity index (χ0n) is 18.8. The van der Waals surface area contributed by atoms with Crippen molar-refractivity contribution in [1.29, 1.82) is 0 Å². The lowest BCUT2D eigenvalue weighted by Crippen LogP contribution is -2.31. The smallest absolute Gasteiger partial charge is 0.338 e. The number of aryl methyl sites for hydroxylation is 1. The number of hydrogen-bond acceptors (Lipinski definition) is 6. The van der Waals surface area contributed by atoms with Gasteiger partial charge >= 0.3 is 5.97 Å². The van der Waals surface area contributed by atoms with Gasteiger partial charge in [-0.1, -0.05) is 29.8 Å². The second kappa shape index (κ2) is 11.8. The molecule has 0 saturated heterocycles. The molecule has 0 aliphatic heterocycles. The minimum atomic E-state index is -0.650. The highest BCUT2D eigenvalue weighted by Gasteiger charge is 2.20. The Morgan fingerprint density at radius 1 is 0.903 bits per heavy atom. The van der Waals surface area contributed by atoms with Crippen LogP contribution < -0.4 is 19.5 Å². The molecule has 0 heterocycles. The van der Waals surface area contributed by atoms with Crippen molar-refractivity contribution >= 4 is 11.9 Å². The molecule has 7 heteroatoms. The SMILES string of the molecule is CCOc1cc(C(=O)OCC(=O)NC(C)c2ccc(C)cc2)cc(OCC)c1OCC. The van der Waals surface area contributed by atoms with Gasteiger partial charge in [0.25, 0.3) is 5.91 Å². The van der Waals surface area contributed by atoms with Crippen molar-refractivity contribution in [3.8, 4) is 17.2 Å². The number of ether oxygens (including phenoxy) is 4. The highest BCUT2D eigenvalue weighted by atomic mass is 16.5. The average Bonchev–Trinajstić information content (AvgIpc) is 2.74. The number of hydrogen-bond donors (Lipinski definition) is 1. The number of benzene rings is 2. The molecule has 0 bridgehead atoms. The van der Waals surface area contributed by atoms with Gasteiger partial charge in [0, 0.05) is 0 Å². The lowest BCUT2D eigenvalue weighted by atomic mass is 10.1. The molecule has 2 aromatic carbocycles. The van der Waals surface area contributed by atoms with Gasteiger partial charge in [-0.3, -0.25) is 4.79 Å². The van der Waals surface area contributed by atoms with Crippen LogP contribution in [0, 0.1) is 6.92 Å². The first-order valence-electron chi connectivity index (χ1n) is 10.5. The molecule has 0 aliphatic carbocycles. The molecule has 1 N–H and O–H groups in total. The zero-order chi connectivity index (χ0) is 22.8. The van der Waals surface area contributed by atoms with Crippen molar-refractivity contribution in [2.24, 2.45) is 0 Å². The van der Waals surface area contributed by atoms with Crippen LogP contribution in [0.4, 0.5) is 0 Å². The maximum atomic E-state index is 12.6. The van der Waals surface area contributed by atoms with E-state index in [2.05, 4.69) is 5.32 Å². The summed E-state index contributed by atoms with van der Waals surface area (Å²) in [5.74, 6) is 0.178. The molecule has 1 atom stereocenters. The Morgan fingerprint density at radius 2 is 1.45 bits per heavy atom. The molecule has 168 valence electrons. The Balaban J connectivity index is 2.06. The summed E-state index contributed by atoms with van der Waals surface area (Å²) in [7, 11) is 0. The van der Waals surface area contributed by atoms with Crippen molar-refractivity contribution < 1.29 is 28.5 Å². The first-order valence-corrected chi connectivity index (χ1v) is 10.5. The summed E-state index contributed by atoms with van der Waals surface area (Å²) < 4.78 is 22.1. The molecular formula is C24H31NO6. The Labute approximate surface area is 183 Å². The predicted molar refractivity (Wildman–Crippen MR) is 118 cm³/mol. The molecule has 31 heavy (non-hydrogen) atoms. The van der Waals surface area contributed by atoms with Gasteiger partial charge in [0.15, 0.2) is 18.1 Å². The molecule has 0 aliphatic rings. The molecule has 1 amide bonds. The van der Waals surface area contributed by atoms with Crippen molar-refractivity contribution in [2.75, 3.05) is 26.4 Å². The molecule has 1 unspecified atom stereocenters. The first kappa shape index (κ1) is 24.1. The van der Waals surface area contributed by atoms with Gasteiger partial charge in [0.05, 0.1) is 31.4 Å². The maximum Gasteiger partial charge on any atom is 0.338 e. The average molecular weight is 430 g/mol. The van der Waals surface area contributed by atoms with E-state index in [9.17, 15) is 9.59 Å². The second-order valence-corrected chi connectivity index (χ2v) is 6.88. The monoisotopic (exact) mass is 429 g/mol. The van der Waals surface area contributed by atoms with Crippen molar-refractivity contribution in [2.45, 2.75) is 40.7 Å². The van der Waals surface area contributed by atoms with Crippen LogP contribution in [0.15, 0.2) is 36.4 Å². The summed E-state index contributed by atoms with van der Waals surface area (Å²) in [5, 5.41) is 2.83.